The van der Waals surface area contributed by atoms with Crippen LogP contribution in [0.5, 0.6) is 0 Å². The summed E-state index contributed by atoms with van der Waals surface area (Å²) >= 11 is 0. The second-order valence-electron chi connectivity index (χ2n) is 23.4. The monoisotopic (exact) mass is 1110 g/mol. The SMILES string of the molecule is c1ccc2cc(-c3ccc4c(-c5c6ccccc6c(-c6ccc7ccccc7c6)c6ccccc56)cccc4c3)ccc2c1.c1ccc2cc(-c3ccc4cccc(-c5c6ccccc6c(-c6ccc7ccccc7c6)c6ccccc56)c4c3)ccc2c1. The van der Waals surface area contributed by atoms with Crippen LogP contribution in [0.2, 0.25) is 0 Å². The second-order valence-corrected chi connectivity index (χ2v) is 23.4. The highest BCUT2D eigenvalue weighted by molar-refractivity contribution is 6.26. The molecule has 0 amide bonds. The molecule has 0 saturated carbocycles. The first-order valence-electron chi connectivity index (χ1n) is 30.5. The smallest absolute Gasteiger partial charge is 0.00201 e. The van der Waals surface area contributed by atoms with E-state index in [-0.39, 0.29) is 0 Å². The Hall–Kier alpha value is -11.4. The van der Waals surface area contributed by atoms with E-state index in [0.29, 0.717) is 0 Å². The van der Waals surface area contributed by atoms with Crippen molar-refractivity contribution in [2.45, 2.75) is 0 Å². The summed E-state index contributed by atoms with van der Waals surface area (Å²) in [5, 5.41) is 25.4. The summed E-state index contributed by atoms with van der Waals surface area (Å²) in [5.74, 6) is 0. The van der Waals surface area contributed by atoms with E-state index in [1.807, 2.05) is 0 Å². The fourth-order valence-electron chi connectivity index (χ4n) is 14.2. The highest BCUT2D eigenvalue weighted by atomic mass is 14.2. The van der Waals surface area contributed by atoms with Gasteiger partial charge in [-0.3, -0.25) is 0 Å². The quantitative estimate of drug-likeness (QED) is 0.146. The van der Waals surface area contributed by atoms with Crippen LogP contribution in [0.3, 0.4) is 0 Å². The van der Waals surface area contributed by atoms with Gasteiger partial charge in [0.15, 0.2) is 0 Å². The van der Waals surface area contributed by atoms with Gasteiger partial charge in [-0.25, -0.2) is 0 Å². The minimum atomic E-state index is 1.23. The summed E-state index contributed by atoms with van der Waals surface area (Å²) < 4.78 is 0. The average molecular weight is 1110 g/mol. The molecule has 0 fully saturated rings. The van der Waals surface area contributed by atoms with E-state index in [9.17, 15) is 0 Å². The largest absolute Gasteiger partial charge is 0.0616 e. The minimum Gasteiger partial charge on any atom is -0.0616 e. The molecule has 0 aliphatic heterocycles. The van der Waals surface area contributed by atoms with Crippen molar-refractivity contribution >= 4 is 108 Å². The molecule has 0 radical (unpaired) electrons. The van der Waals surface area contributed by atoms with Crippen LogP contribution in [0.25, 0.3) is 174 Å². The zero-order valence-electron chi connectivity index (χ0n) is 48.3. The number of fused-ring (bicyclic) bond motifs is 10. The predicted octanol–water partition coefficient (Wildman–Crippen LogP) is 24.9. The normalized spacial score (nSPS) is 11.6. The van der Waals surface area contributed by atoms with E-state index in [1.165, 1.54) is 174 Å². The molecule has 0 heteroatoms. The fraction of sp³-hybridized carbons (Fsp3) is 0. The van der Waals surface area contributed by atoms with Crippen molar-refractivity contribution in [1.29, 1.82) is 0 Å². The van der Waals surface area contributed by atoms with Crippen molar-refractivity contribution in [3.8, 4) is 66.8 Å². The first-order valence-corrected chi connectivity index (χ1v) is 30.5. The molecule has 408 valence electrons. The lowest BCUT2D eigenvalue weighted by Crippen LogP contribution is -1.92. The molecule has 0 spiro atoms. The van der Waals surface area contributed by atoms with Gasteiger partial charge in [0.2, 0.25) is 0 Å². The summed E-state index contributed by atoms with van der Waals surface area (Å²) in [6.07, 6.45) is 0. The Balaban J connectivity index is 0.000000137. The zero-order chi connectivity index (χ0) is 58.1. The third kappa shape index (κ3) is 8.76. The van der Waals surface area contributed by atoms with Gasteiger partial charge in [-0.05, 0) is 211 Å². The molecule has 0 bridgehead atoms. The van der Waals surface area contributed by atoms with Crippen molar-refractivity contribution in [3.05, 3.63) is 340 Å². The first-order chi connectivity index (χ1) is 43.6. The summed E-state index contributed by atoms with van der Waals surface area (Å²) in [6, 6.07) is 125. The van der Waals surface area contributed by atoms with Crippen LogP contribution in [-0.4, -0.2) is 0 Å². The van der Waals surface area contributed by atoms with E-state index >= 15 is 0 Å². The molecule has 0 aliphatic carbocycles. The highest BCUT2D eigenvalue weighted by Crippen LogP contribution is 2.48. The molecule has 0 atom stereocenters. The van der Waals surface area contributed by atoms with Crippen LogP contribution in [0.4, 0.5) is 0 Å². The standard InChI is InChI=1S/2C44H28/c1-3-12-32-26-34(23-20-29(32)10-1)35-24-22-31-14-9-19-41(42(31)28-35)44-39-17-7-5-15-37(39)43(38-16-6-8-18-40(38)44)36-25-21-30-11-2-4-13-33(30)27-36;1-3-12-31-26-33(22-20-29(31)10-1)34-24-25-37-35(27-34)14-9-19-38(37)44-41-17-7-5-15-39(41)43(40-16-6-8-18-42(40)44)36-23-21-30-11-2-4-13-32(30)28-36/h2*1-28H. The van der Waals surface area contributed by atoms with Gasteiger partial charge in [0.25, 0.3) is 0 Å². The Morgan fingerprint density at radius 3 is 0.750 bits per heavy atom. The third-order valence-corrected chi connectivity index (χ3v) is 18.4. The van der Waals surface area contributed by atoms with E-state index in [0.717, 1.165) is 0 Å². The predicted molar refractivity (Wildman–Crippen MR) is 381 cm³/mol. The highest BCUT2D eigenvalue weighted by Gasteiger charge is 2.21. The molecule has 0 heterocycles. The first kappa shape index (κ1) is 51.0. The van der Waals surface area contributed by atoms with Crippen LogP contribution in [0, 0.1) is 0 Å². The van der Waals surface area contributed by atoms with Gasteiger partial charge in [0.1, 0.15) is 0 Å². The van der Waals surface area contributed by atoms with E-state index in [1.54, 1.807) is 0 Å². The van der Waals surface area contributed by atoms with Crippen molar-refractivity contribution in [2.75, 3.05) is 0 Å². The molecule has 18 aromatic rings. The van der Waals surface area contributed by atoms with Crippen LogP contribution >= 0.6 is 0 Å². The number of hydrogen-bond acceptors (Lipinski definition) is 0. The molecule has 0 N–H and O–H groups in total. The zero-order valence-corrected chi connectivity index (χ0v) is 48.3. The van der Waals surface area contributed by atoms with Gasteiger partial charge in [0, 0.05) is 0 Å². The Labute approximate surface area is 511 Å². The Morgan fingerprint density at radius 2 is 0.364 bits per heavy atom. The van der Waals surface area contributed by atoms with Crippen LogP contribution < -0.4 is 0 Å². The van der Waals surface area contributed by atoms with E-state index in [4.69, 9.17) is 0 Å². The second kappa shape index (κ2) is 21.3. The van der Waals surface area contributed by atoms with Crippen LogP contribution in [0.15, 0.2) is 340 Å². The number of rotatable bonds is 6. The lowest BCUT2D eigenvalue weighted by atomic mass is 9.84. The Morgan fingerprint density at radius 1 is 0.114 bits per heavy atom. The molecule has 18 aromatic carbocycles. The van der Waals surface area contributed by atoms with Gasteiger partial charge in [-0.15, -0.1) is 0 Å². The van der Waals surface area contributed by atoms with Gasteiger partial charge in [0.05, 0.1) is 0 Å². The van der Waals surface area contributed by atoms with Crippen molar-refractivity contribution < 1.29 is 0 Å². The molecule has 88 heavy (non-hydrogen) atoms. The summed E-state index contributed by atoms with van der Waals surface area (Å²) in [5.41, 5.74) is 15.2. The van der Waals surface area contributed by atoms with Crippen molar-refractivity contribution in [1.82, 2.24) is 0 Å². The maximum atomic E-state index is 2.38. The molecule has 0 unspecified atom stereocenters. The van der Waals surface area contributed by atoms with Crippen LogP contribution in [-0.2, 0) is 0 Å². The van der Waals surface area contributed by atoms with Crippen molar-refractivity contribution in [2.24, 2.45) is 0 Å². The molecular formula is C88H56. The fourth-order valence-corrected chi connectivity index (χ4v) is 14.2. The van der Waals surface area contributed by atoms with E-state index in [2.05, 4.69) is 340 Å². The lowest BCUT2D eigenvalue weighted by Gasteiger charge is -2.19. The average Bonchev–Trinajstić information content (AvgIpc) is 0.875. The van der Waals surface area contributed by atoms with Gasteiger partial charge < -0.3 is 0 Å². The minimum absolute atomic E-state index is 1.23. The van der Waals surface area contributed by atoms with Crippen LogP contribution in [0.1, 0.15) is 0 Å². The van der Waals surface area contributed by atoms with E-state index < -0.39 is 0 Å². The number of benzene rings is 18. The summed E-state index contributed by atoms with van der Waals surface area (Å²) in [6.45, 7) is 0. The number of hydrogen-bond donors (Lipinski definition) is 0. The Bertz CT molecular complexity index is 5710. The Kier molecular flexibility index (Phi) is 12.3. The van der Waals surface area contributed by atoms with Gasteiger partial charge in [-0.2, -0.15) is 0 Å². The summed E-state index contributed by atoms with van der Waals surface area (Å²) in [4.78, 5) is 0. The van der Waals surface area contributed by atoms with Crippen molar-refractivity contribution in [3.63, 3.8) is 0 Å². The topological polar surface area (TPSA) is 0 Å². The third-order valence-electron chi connectivity index (χ3n) is 18.4. The molecular weight excluding hydrogens is 1060 g/mol. The maximum Gasteiger partial charge on any atom is -0.00201 e. The summed E-state index contributed by atoms with van der Waals surface area (Å²) in [7, 11) is 0. The maximum absolute atomic E-state index is 2.38. The molecule has 0 nitrogen and oxygen atoms in total. The van der Waals surface area contributed by atoms with Gasteiger partial charge >= 0.3 is 0 Å². The molecule has 0 aliphatic rings. The van der Waals surface area contributed by atoms with Gasteiger partial charge in [-0.1, -0.05) is 303 Å². The molecule has 0 aromatic heterocycles. The molecule has 0 saturated heterocycles. The lowest BCUT2D eigenvalue weighted by molar-refractivity contribution is 1.66. The molecule has 18 rings (SSSR count).